The molecule has 2 atom stereocenters. The van der Waals surface area contributed by atoms with Gasteiger partial charge in [-0.3, -0.25) is 10.2 Å². The zero-order chi connectivity index (χ0) is 7.84. The van der Waals surface area contributed by atoms with Gasteiger partial charge in [0.2, 0.25) is 0 Å². The fourth-order valence-corrected chi connectivity index (χ4v) is 2.18. The molecule has 3 nitrogen and oxygen atoms in total. The maximum absolute atomic E-state index is 11.1. The number of nitrogens with two attached hydrogens (primary N) is 1. The van der Waals surface area contributed by atoms with Crippen LogP contribution in [0.25, 0.3) is 0 Å². The smallest absolute Gasteiger partial charge is 0.261 e. The Balaban J connectivity index is 2.16. The summed E-state index contributed by atoms with van der Waals surface area (Å²) in [4.78, 5) is 11.1. The fourth-order valence-electron chi connectivity index (χ4n) is 2.18. The van der Waals surface area contributed by atoms with Crippen molar-refractivity contribution in [1.82, 2.24) is 5.43 Å². The van der Waals surface area contributed by atoms with E-state index in [-0.39, 0.29) is 5.91 Å². The summed E-state index contributed by atoms with van der Waals surface area (Å²) in [6, 6.07) is 0. The van der Waals surface area contributed by atoms with Gasteiger partial charge in [-0.2, -0.15) is 0 Å². The molecule has 3 N–H and O–H groups in total. The first kappa shape index (κ1) is 6.85. The van der Waals surface area contributed by atoms with Crippen molar-refractivity contribution in [3.63, 3.8) is 0 Å². The molecule has 2 rings (SSSR count). The summed E-state index contributed by atoms with van der Waals surface area (Å²) in [6.07, 6.45) is 5.68. The minimum absolute atomic E-state index is 0.0859. The molecule has 0 aliphatic heterocycles. The van der Waals surface area contributed by atoms with E-state index in [4.69, 9.17) is 5.84 Å². The molecule has 0 spiro atoms. The zero-order valence-electron chi connectivity index (χ0n) is 6.34. The Bertz CT molecular complexity index is 222. The van der Waals surface area contributed by atoms with E-state index >= 15 is 0 Å². The highest BCUT2D eigenvalue weighted by atomic mass is 16.2. The van der Waals surface area contributed by atoms with Crippen LogP contribution in [0.3, 0.4) is 0 Å². The van der Waals surface area contributed by atoms with Gasteiger partial charge in [-0.05, 0) is 31.1 Å². The molecule has 0 aromatic carbocycles. The van der Waals surface area contributed by atoms with E-state index in [1.807, 2.05) is 0 Å². The van der Waals surface area contributed by atoms with Gasteiger partial charge in [-0.15, -0.1) is 0 Å². The van der Waals surface area contributed by atoms with Crippen LogP contribution in [0.2, 0.25) is 0 Å². The third-order valence-corrected chi connectivity index (χ3v) is 2.72. The Morgan fingerprint density at radius 3 is 2.91 bits per heavy atom. The van der Waals surface area contributed by atoms with E-state index in [9.17, 15) is 4.79 Å². The van der Waals surface area contributed by atoms with Crippen molar-refractivity contribution in [1.29, 1.82) is 0 Å². The molecule has 0 aromatic rings. The summed E-state index contributed by atoms with van der Waals surface area (Å²) in [5, 5.41) is 0. The number of nitrogens with one attached hydrogen (secondary N) is 1. The molecule has 0 heterocycles. The van der Waals surface area contributed by atoms with Crippen LogP contribution in [0.1, 0.15) is 19.3 Å². The average molecular weight is 152 g/mol. The highest BCUT2D eigenvalue weighted by molar-refractivity contribution is 5.94. The predicted octanol–water partition coefficient (Wildman–Crippen LogP) is 0.333. The lowest BCUT2D eigenvalue weighted by Gasteiger charge is -2.10. The SMILES string of the molecule is NNC(=O)C1=CC2CCC1C2. The van der Waals surface area contributed by atoms with Gasteiger partial charge in [0.15, 0.2) is 0 Å². The number of carbonyl (C=O) groups is 1. The molecular weight excluding hydrogens is 140 g/mol. The number of allylic oxidation sites excluding steroid dienone is 1. The van der Waals surface area contributed by atoms with Crippen molar-refractivity contribution in [2.24, 2.45) is 17.7 Å². The lowest BCUT2D eigenvalue weighted by atomic mass is 9.98. The van der Waals surface area contributed by atoms with Crippen molar-refractivity contribution < 1.29 is 4.79 Å². The number of hydrogen-bond acceptors (Lipinski definition) is 2. The fraction of sp³-hybridized carbons (Fsp3) is 0.625. The second kappa shape index (κ2) is 2.34. The van der Waals surface area contributed by atoms with Crippen LogP contribution < -0.4 is 11.3 Å². The molecule has 0 radical (unpaired) electrons. The molecule has 2 unspecified atom stereocenters. The summed E-state index contributed by atoms with van der Waals surface area (Å²) >= 11 is 0. The van der Waals surface area contributed by atoms with Crippen LogP contribution in [0, 0.1) is 11.8 Å². The zero-order valence-corrected chi connectivity index (χ0v) is 6.34. The predicted molar refractivity (Wildman–Crippen MR) is 41.2 cm³/mol. The van der Waals surface area contributed by atoms with Crippen LogP contribution in [0.15, 0.2) is 11.6 Å². The van der Waals surface area contributed by atoms with E-state index in [1.54, 1.807) is 0 Å². The maximum Gasteiger partial charge on any atom is 0.261 e. The van der Waals surface area contributed by atoms with Gasteiger partial charge in [-0.25, -0.2) is 5.84 Å². The summed E-state index contributed by atoms with van der Waals surface area (Å²) in [5.41, 5.74) is 3.10. The van der Waals surface area contributed by atoms with Crippen molar-refractivity contribution >= 4 is 5.91 Å². The van der Waals surface area contributed by atoms with Gasteiger partial charge >= 0.3 is 0 Å². The normalized spacial score (nSPS) is 33.7. The number of carbonyl (C=O) groups excluding carboxylic acids is 1. The molecule has 60 valence electrons. The van der Waals surface area contributed by atoms with Gasteiger partial charge in [0.1, 0.15) is 0 Å². The van der Waals surface area contributed by atoms with Crippen molar-refractivity contribution in [2.75, 3.05) is 0 Å². The molecule has 3 heteroatoms. The third-order valence-electron chi connectivity index (χ3n) is 2.72. The number of fused-ring (bicyclic) bond motifs is 2. The molecule has 1 amide bonds. The first-order chi connectivity index (χ1) is 5.31. The van der Waals surface area contributed by atoms with E-state index in [1.165, 1.54) is 19.3 Å². The molecule has 2 bridgehead atoms. The minimum atomic E-state index is -0.0859. The summed E-state index contributed by atoms with van der Waals surface area (Å²) in [6.45, 7) is 0. The lowest BCUT2D eigenvalue weighted by molar-refractivity contribution is -0.118. The highest BCUT2D eigenvalue weighted by Gasteiger charge is 2.35. The number of amides is 1. The second-order valence-corrected chi connectivity index (χ2v) is 3.37. The Labute approximate surface area is 65.6 Å². The molecular formula is C8H12N2O. The van der Waals surface area contributed by atoms with Crippen LogP contribution in [-0.2, 0) is 4.79 Å². The first-order valence-corrected chi connectivity index (χ1v) is 4.04. The monoisotopic (exact) mass is 152 g/mol. The van der Waals surface area contributed by atoms with E-state index in [0.717, 1.165) is 5.57 Å². The maximum atomic E-state index is 11.1. The van der Waals surface area contributed by atoms with Crippen LogP contribution >= 0.6 is 0 Å². The van der Waals surface area contributed by atoms with Crippen molar-refractivity contribution in [2.45, 2.75) is 19.3 Å². The molecule has 2 aliphatic rings. The molecule has 11 heavy (non-hydrogen) atoms. The lowest BCUT2D eigenvalue weighted by Crippen LogP contribution is -2.32. The van der Waals surface area contributed by atoms with E-state index < -0.39 is 0 Å². The number of hydrazine groups is 1. The van der Waals surface area contributed by atoms with Gasteiger partial charge in [-0.1, -0.05) is 6.08 Å². The third kappa shape index (κ3) is 0.959. The minimum Gasteiger partial charge on any atom is -0.290 e. The topological polar surface area (TPSA) is 55.1 Å². The molecule has 0 saturated heterocycles. The largest absolute Gasteiger partial charge is 0.290 e. The van der Waals surface area contributed by atoms with Crippen LogP contribution in [0.5, 0.6) is 0 Å². The quantitative estimate of drug-likeness (QED) is 0.323. The van der Waals surface area contributed by atoms with E-state index in [0.29, 0.717) is 11.8 Å². The molecule has 1 saturated carbocycles. The molecule has 1 fully saturated rings. The van der Waals surface area contributed by atoms with Crippen LogP contribution in [0.4, 0.5) is 0 Å². The Hall–Kier alpha value is -0.830. The highest BCUT2D eigenvalue weighted by Crippen LogP contribution is 2.43. The first-order valence-electron chi connectivity index (χ1n) is 4.04. The van der Waals surface area contributed by atoms with Gasteiger partial charge in [0.05, 0.1) is 0 Å². The average Bonchev–Trinajstić information content (AvgIpc) is 2.62. The Morgan fingerprint density at radius 2 is 2.45 bits per heavy atom. The Morgan fingerprint density at radius 1 is 1.64 bits per heavy atom. The van der Waals surface area contributed by atoms with Gasteiger partial charge < -0.3 is 0 Å². The summed E-state index contributed by atoms with van der Waals surface area (Å²) < 4.78 is 0. The summed E-state index contributed by atoms with van der Waals surface area (Å²) in [7, 11) is 0. The number of rotatable bonds is 1. The van der Waals surface area contributed by atoms with Gasteiger partial charge in [0.25, 0.3) is 5.91 Å². The number of hydrogen-bond donors (Lipinski definition) is 2. The second-order valence-electron chi connectivity index (χ2n) is 3.37. The van der Waals surface area contributed by atoms with Crippen molar-refractivity contribution in [3.05, 3.63) is 11.6 Å². The molecule has 0 aromatic heterocycles. The standard InChI is InChI=1S/C8H12N2O/c9-10-8(11)7-4-5-1-2-6(7)3-5/h4-6H,1-3,9H2,(H,10,11). The van der Waals surface area contributed by atoms with Crippen molar-refractivity contribution in [3.8, 4) is 0 Å². The summed E-state index contributed by atoms with van der Waals surface area (Å²) in [5.74, 6) is 6.12. The van der Waals surface area contributed by atoms with E-state index in [2.05, 4.69) is 11.5 Å². The van der Waals surface area contributed by atoms with Gasteiger partial charge in [0, 0.05) is 5.57 Å². The molecule has 2 aliphatic carbocycles. The Kier molecular flexibility index (Phi) is 1.46. The van der Waals surface area contributed by atoms with Crippen LogP contribution in [-0.4, -0.2) is 5.91 Å².